The van der Waals surface area contributed by atoms with Crippen LogP contribution in [0.4, 0.5) is 0 Å². The maximum atomic E-state index is 12.8. The minimum Gasteiger partial charge on any atom is -0.360 e. The molecule has 160 valence electrons. The number of piperidine rings is 1. The van der Waals surface area contributed by atoms with Crippen LogP contribution in [0.3, 0.4) is 0 Å². The number of carbonyl (C=O) groups is 1. The fraction of sp³-hybridized carbons (Fsp3) is 0.636. The van der Waals surface area contributed by atoms with Gasteiger partial charge >= 0.3 is 0 Å². The highest BCUT2D eigenvalue weighted by molar-refractivity contribution is 5.92. The number of amides is 1. The summed E-state index contributed by atoms with van der Waals surface area (Å²) in [5.41, 5.74) is 2.16. The van der Waals surface area contributed by atoms with Crippen LogP contribution in [0.1, 0.15) is 84.7 Å². The van der Waals surface area contributed by atoms with E-state index in [0.717, 1.165) is 61.5 Å². The lowest BCUT2D eigenvalue weighted by Gasteiger charge is -2.33. The van der Waals surface area contributed by atoms with Gasteiger partial charge in [0.25, 0.3) is 11.5 Å². The van der Waals surface area contributed by atoms with Gasteiger partial charge in [-0.25, -0.2) is 4.98 Å². The van der Waals surface area contributed by atoms with Crippen molar-refractivity contribution < 1.29 is 9.32 Å². The molecule has 3 aliphatic rings. The molecule has 8 nitrogen and oxygen atoms in total. The average Bonchev–Trinajstić information content (AvgIpc) is 3.49. The van der Waals surface area contributed by atoms with Gasteiger partial charge in [-0.15, -0.1) is 0 Å². The Morgan fingerprint density at radius 3 is 2.63 bits per heavy atom. The standard InChI is InChI=1S/C22H29N5O3/c1-13(2)27-10-7-17-16(12-27)21(28)24-20(23-17)15-5-8-26(9-6-15)22(29)18-11-19(30-25-18)14-3-4-14/h11,13-15H,3-10,12H2,1-2H3,(H,23,24,28). The van der Waals surface area contributed by atoms with Crippen LogP contribution in [0.25, 0.3) is 0 Å². The molecule has 1 aliphatic carbocycles. The van der Waals surface area contributed by atoms with E-state index in [2.05, 4.69) is 28.9 Å². The van der Waals surface area contributed by atoms with E-state index in [9.17, 15) is 9.59 Å². The number of hydrogen-bond donors (Lipinski definition) is 1. The largest absolute Gasteiger partial charge is 0.360 e. The van der Waals surface area contributed by atoms with Crippen LogP contribution in [0.15, 0.2) is 15.4 Å². The summed E-state index contributed by atoms with van der Waals surface area (Å²) in [6.07, 6.45) is 4.64. The van der Waals surface area contributed by atoms with Crippen LogP contribution < -0.4 is 5.56 Å². The molecular formula is C22H29N5O3. The fourth-order valence-corrected chi connectivity index (χ4v) is 4.57. The minimum atomic E-state index is -0.0650. The van der Waals surface area contributed by atoms with E-state index in [1.54, 1.807) is 6.07 Å². The maximum Gasteiger partial charge on any atom is 0.276 e. The second-order valence-electron chi connectivity index (χ2n) is 9.15. The van der Waals surface area contributed by atoms with Gasteiger partial charge in [0.05, 0.1) is 11.3 Å². The zero-order valence-corrected chi connectivity index (χ0v) is 17.7. The normalized spacial score (nSPS) is 20.6. The molecule has 1 saturated carbocycles. The van der Waals surface area contributed by atoms with Crippen molar-refractivity contribution in [1.29, 1.82) is 0 Å². The Morgan fingerprint density at radius 2 is 1.93 bits per heavy atom. The number of H-pyrrole nitrogens is 1. The van der Waals surface area contributed by atoms with E-state index in [1.165, 1.54) is 0 Å². The molecule has 1 amide bonds. The molecule has 5 rings (SSSR count). The van der Waals surface area contributed by atoms with Crippen molar-refractivity contribution >= 4 is 5.91 Å². The summed E-state index contributed by atoms with van der Waals surface area (Å²) in [5, 5.41) is 3.98. The SMILES string of the molecule is CC(C)N1CCc2nc(C3CCN(C(=O)c4cc(C5CC5)on4)CC3)[nH]c(=O)c2C1. The van der Waals surface area contributed by atoms with Gasteiger partial charge in [-0.1, -0.05) is 5.16 Å². The van der Waals surface area contributed by atoms with Crippen molar-refractivity contribution in [3.63, 3.8) is 0 Å². The molecule has 2 aromatic heterocycles. The van der Waals surface area contributed by atoms with Crippen molar-refractivity contribution in [2.45, 2.75) is 70.4 Å². The summed E-state index contributed by atoms with van der Waals surface area (Å²) in [5.74, 6) is 2.17. The summed E-state index contributed by atoms with van der Waals surface area (Å²) in [7, 11) is 0. The van der Waals surface area contributed by atoms with Gasteiger partial charge in [0.15, 0.2) is 5.69 Å². The Hall–Kier alpha value is -2.48. The molecule has 0 atom stereocenters. The Bertz CT molecular complexity index is 998. The number of rotatable bonds is 4. The molecule has 0 bridgehead atoms. The molecule has 2 aromatic rings. The first-order valence-electron chi connectivity index (χ1n) is 11.1. The van der Waals surface area contributed by atoms with Crippen LogP contribution in [0.2, 0.25) is 0 Å². The van der Waals surface area contributed by atoms with Crippen LogP contribution in [0.5, 0.6) is 0 Å². The van der Waals surface area contributed by atoms with Crippen LogP contribution >= 0.6 is 0 Å². The van der Waals surface area contributed by atoms with Gasteiger partial charge in [0.2, 0.25) is 0 Å². The smallest absolute Gasteiger partial charge is 0.276 e. The number of nitrogens with one attached hydrogen (secondary N) is 1. The summed E-state index contributed by atoms with van der Waals surface area (Å²) in [4.78, 5) is 37.5. The third-order valence-corrected chi connectivity index (χ3v) is 6.74. The predicted octanol–water partition coefficient (Wildman–Crippen LogP) is 2.42. The van der Waals surface area contributed by atoms with Crippen molar-refractivity contribution in [1.82, 2.24) is 24.9 Å². The van der Waals surface area contributed by atoms with E-state index >= 15 is 0 Å². The Balaban J connectivity index is 1.25. The highest BCUT2D eigenvalue weighted by atomic mass is 16.5. The molecule has 0 radical (unpaired) electrons. The molecule has 2 fully saturated rings. The Kier molecular flexibility index (Phi) is 4.97. The van der Waals surface area contributed by atoms with Gasteiger partial charge in [-0.3, -0.25) is 14.5 Å². The quantitative estimate of drug-likeness (QED) is 0.830. The van der Waals surface area contributed by atoms with E-state index in [0.29, 0.717) is 37.3 Å². The summed E-state index contributed by atoms with van der Waals surface area (Å²) in [6.45, 7) is 7.19. The number of aromatic nitrogens is 3. The molecule has 1 N–H and O–H groups in total. The highest BCUT2D eigenvalue weighted by Crippen LogP contribution is 2.40. The molecular weight excluding hydrogens is 382 g/mol. The van der Waals surface area contributed by atoms with E-state index in [-0.39, 0.29) is 17.4 Å². The highest BCUT2D eigenvalue weighted by Gasteiger charge is 2.32. The fourth-order valence-electron chi connectivity index (χ4n) is 4.57. The topological polar surface area (TPSA) is 95.3 Å². The zero-order chi connectivity index (χ0) is 20.8. The monoisotopic (exact) mass is 411 g/mol. The molecule has 30 heavy (non-hydrogen) atoms. The molecule has 0 spiro atoms. The maximum absolute atomic E-state index is 12.8. The third kappa shape index (κ3) is 3.69. The van der Waals surface area contributed by atoms with Gasteiger partial charge in [0, 0.05) is 56.5 Å². The van der Waals surface area contributed by atoms with Crippen LogP contribution in [0, 0.1) is 0 Å². The lowest BCUT2D eigenvalue weighted by atomic mass is 9.95. The Morgan fingerprint density at radius 1 is 1.17 bits per heavy atom. The van der Waals surface area contributed by atoms with Crippen molar-refractivity contribution in [2.24, 2.45) is 0 Å². The predicted molar refractivity (Wildman–Crippen MR) is 110 cm³/mol. The first kappa shape index (κ1) is 19.5. The molecule has 1 saturated heterocycles. The number of carbonyl (C=O) groups excluding carboxylic acids is 1. The van der Waals surface area contributed by atoms with Crippen molar-refractivity contribution in [3.8, 4) is 0 Å². The molecule has 0 unspecified atom stereocenters. The molecule has 4 heterocycles. The second-order valence-corrected chi connectivity index (χ2v) is 9.15. The summed E-state index contributed by atoms with van der Waals surface area (Å²) in [6, 6.07) is 2.22. The molecule has 8 heteroatoms. The van der Waals surface area contributed by atoms with Gasteiger partial charge in [-0.05, 0) is 39.5 Å². The van der Waals surface area contributed by atoms with E-state index < -0.39 is 0 Å². The van der Waals surface area contributed by atoms with Crippen LogP contribution in [-0.2, 0) is 13.0 Å². The van der Waals surface area contributed by atoms with Gasteiger partial charge in [0.1, 0.15) is 11.6 Å². The van der Waals surface area contributed by atoms with Gasteiger partial charge < -0.3 is 14.4 Å². The molecule has 2 aliphatic heterocycles. The second kappa shape index (κ2) is 7.65. The van der Waals surface area contributed by atoms with Crippen molar-refractivity contribution in [2.75, 3.05) is 19.6 Å². The number of hydrogen-bond acceptors (Lipinski definition) is 6. The summed E-state index contributed by atoms with van der Waals surface area (Å²) >= 11 is 0. The first-order chi connectivity index (χ1) is 14.5. The minimum absolute atomic E-state index is 0.00550. The number of nitrogens with zero attached hydrogens (tertiary/aromatic N) is 4. The zero-order valence-electron chi connectivity index (χ0n) is 17.7. The van der Waals surface area contributed by atoms with E-state index in [4.69, 9.17) is 9.51 Å². The van der Waals surface area contributed by atoms with Gasteiger partial charge in [-0.2, -0.15) is 0 Å². The average molecular weight is 412 g/mol. The van der Waals surface area contributed by atoms with Crippen molar-refractivity contribution in [3.05, 3.63) is 45.0 Å². The number of fused-ring (bicyclic) bond motifs is 1. The number of aromatic amines is 1. The molecule has 0 aromatic carbocycles. The third-order valence-electron chi connectivity index (χ3n) is 6.74. The Labute approximate surface area is 175 Å². The lowest BCUT2D eigenvalue weighted by Crippen LogP contribution is -2.41. The lowest BCUT2D eigenvalue weighted by molar-refractivity contribution is 0.0700. The van der Waals surface area contributed by atoms with Crippen LogP contribution in [-0.4, -0.2) is 56.5 Å². The first-order valence-corrected chi connectivity index (χ1v) is 11.1. The number of likely N-dealkylation sites (tertiary alicyclic amines) is 1. The summed E-state index contributed by atoms with van der Waals surface area (Å²) < 4.78 is 5.33. The van der Waals surface area contributed by atoms with E-state index in [1.807, 2.05) is 4.90 Å².